The van der Waals surface area contributed by atoms with Crippen LogP contribution in [0.15, 0.2) is 41.4 Å². The molecule has 0 spiro atoms. The van der Waals surface area contributed by atoms with E-state index >= 15 is 0 Å². The number of halogens is 2. The van der Waals surface area contributed by atoms with Gasteiger partial charge in [0.1, 0.15) is 5.75 Å². The molecule has 0 aliphatic carbocycles. The Morgan fingerprint density at radius 3 is 2.74 bits per heavy atom. The fourth-order valence-corrected chi connectivity index (χ4v) is 4.32. The molecule has 0 fully saturated rings. The van der Waals surface area contributed by atoms with E-state index in [1.807, 2.05) is 22.6 Å². The van der Waals surface area contributed by atoms with Gasteiger partial charge in [0.25, 0.3) is 5.91 Å². The molecule has 0 aromatic heterocycles. The number of anilines is 1. The van der Waals surface area contributed by atoms with Gasteiger partial charge in [0.15, 0.2) is 5.96 Å². The number of carboxylic acids is 1. The standard InChI is InChI=1S/C22H23ClIN5O5/c23-13-8-15(20(33)16(24)9-13)17(10-19(31)32)29-18(30)11-27-21(34)12-3-1-4-14(7-12)28-22-25-5-2-6-26-22/h1,3-4,7-9,17,33H,2,5-6,10-11H2,(H,27,34)(H,29,30)(H,31,32)(H2,25,26,28)/t17-/m1/s1. The number of phenols is 1. The summed E-state index contributed by atoms with van der Waals surface area (Å²) in [5.41, 5.74) is 1.17. The smallest absolute Gasteiger partial charge is 0.305 e. The molecule has 1 aliphatic rings. The van der Waals surface area contributed by atoms with Gasteiger partial charge in [0.05, 0.1) is 22.6 Å². The first-order valence-corrected chi connectivity index (χ1v) is 11.8. The summed E-state index contributed by atoms with van der Waals surface area (Å²) in [6.07, 6.45) is 0.481. The van der Waals surface area contributed by atoms with E-state index in [4.69, 9.17) is 11.6 Å². The highest BCUT2D eigenvalue weighted by Crippen LogP contribution is 2.34. The van der Waals surface area contributed by atoms with Crippen LogP contribution < -0.4 is 21.3 Å². The molecule has 0 radical (unpaired) electrons. The summed E-state index contributed by atoms with van der Waals surface area (Å²) in [6, 6.07) is 8.60. The Hall–Kier alpha value is -3.06. The summed E-state index contributed by atoms with van der Waals surface area (Å²) in [7, 11) is 0. The summed E-state index contributed by atoms with van der Waals surface area (Å²) < 4.78 is 0.418. The molecule has 12 heteroatoms. The Labute approximate surface area is 214 Å². The molecule has 6 N–H and O–H groups in total. The predicted octanol–water partition coefficient (Wildman–Crippen LogP) is 2.47. The third-order valence-electron chi connectivity index (χ3n) is 4.84. The number of aliphatic imine (C=N–C) groups is 1. The van der Waals surface area contributed by atoms with Crippen molar-refractivity contribution in [1.82, 2.24) is 16.0 Å². The van der Waals surface area contributed by atoms with Gasteiger partial charge >= 0.3 is 5.97 Å². The molecule has 180 valence electrons. The number of carbonyl (C=O) groups is 3. The topological polar surface area (TPSA) is 152 Å². The van der Waals surface area contributed by atoms with Crippen LogP contribution in [0.3, 0.4) is 0 Å². The van der Waals surface area contributed by atoms with Crippen molar-refractivity contribution in [2.75, 3.05) is 25.0 Å². The molecular formula is C22H23ClIN5O5. The van der Waals surface area contributed by atoms with Gasteiger partial charge in [-0.2, -0.15) is 0 Å². The van der Waals surface area contributed by atoms with Gasteiger partial charge in [-0.3, -0.25) is 19.4 Å². The van der Waals surface area contributed by atoms with E-state index in [2.05, 4.69) is 26.3 Å². The van der Waals surface area contributed by atoms with Crippen LogP contribution in [-0.2, 0) is 9.59 Å². The van der Waals surface area contributed by atoms with E-state index in [0.29, 0.717) is 20.8 Å². The maximum Gasteiger partial charge on any atom is 0.305 e. The van der Waals surface area contributed by atoms with Crippen LogP contribution in [0.1, 0.15) is 34.8 Å². The van der Waals surface area contributed by atoms with Crippen LogP contribution in [0, 0.1) is 3.57 Å². The lowest BCUT2D eigenvalue weighted by Gasteiger charge is -2.20. The van der Waals surface area contributed by atoms with Crippen molar-refractivity contribution in [3.05, 3.63) is 56.1 Å². The molecular weight excluding hydrogens is 577 g/mol. The van der Waals surface area contributed by atoms with Gasteiger partial charge < -0.3 is 31.5 Å². The zero-order valence-electron chi connectivity index (χ0n) is 17.9. The summed E-state index contributed by atoms with van der Waals surface area (Å²) in [5.74, 6) is -1.81. The molecule has 3 rings (SSSR count). The molecule has 1 heterocycles. The van der Waals surface area contributed by atoms with Gasteiger partial charge in [0.2, 0.25) is 5.91 Å². The second-order valence-electron chi connectivity index (χ2n) is 7.44. The van der Waals surface area contributed by atoms with E-state index in [0.717, 1.165) is 19.5 Å². The third-order valence-corrected chi connectivity index (χ3v) is 5.88. The van der Waals surface area contributed by atoms with Gasteiger partial charge in [-0.25, -0.2) is 0 Å². The highest BCUT2D eigenvalue weighted by molar-refractivity contribution is 14.1. The molecule has 10 nitrogen and oxygen atoms in total. The van der Waals surface area contributed by atoms with Crippen LogP contribution in [-0.4, -0.2) is 53.6 Å². The fourth-order valence-electron chi connectivity index (χ4n) is 3.26. The molecule has 0 bridgehead atoms. The number of phenolic OH excluding ortho intramolecular Hbond substituents is 1. The summed E-state index contributed by atoms with van der Waals surface area (Å²) in [4.78, 5) is 40.7. The minimum atomic E-state index is -1.18. The number of carboxylic acid groups (broad SMARTS) is 1. The van der Waals surface area contributed by atoms with Crippen LogP contribution in [0.2, 0.25) is 5.02 Å². The Kier molecular flexibility index (Phi) is 8.93. The average Bonchev–Trinajstić information content (AvgIpc) is 2.80. The van der Waals surface area contributed by atoms with Crippen molar-refractivity contribution < 1.29 is 24.6 Å². The lowest BCUT2D eigenvalue weighted by atomic mass is 10.0. The van der Waals surface area contributed by atoms with Crippen molar-refractivity contribution in [2.24, 2.45) is 4.99 Å². The maximum absolute atomic E-state index is 12.6. The number of hydrogen-bond donors (Lipinski definition) is 6. The molecule has 2 aromatic carbocycles. The molecule has 0 saturated heterocycles. The number of rotatable bonds is 8. The van der Waals surface area contributed by atoms with Crippen molar-refractivity contribution in [1.29, 1.82) is 0 Å². The van der Waals surface area contributed by atoms with Gasteiger partial charge in [-0.1, -0.05) is 17.7 Å². The van der Waals surface area contributed by atoms with Crippen LogP contribution in [0.4, 0.5) is 5.69 Å². The van der Waals surface area contributed by atoms with E-state index in [1.54, 1.807) is 24.3 Å². The summed E-state index contributed by atoms with van der Waals surface area (Å²) >= 11 is 7.89. The van der Waals surface area contributed by atoms with E-state index < -0.39 is 30.2 Å². The largest absolute Gasteiger partial charge is 0.506 e. The molecule has 0 unspecified atom stereocenters. The molecule has 1 aliphatic heterocycles. The third kappa shape index (κ3) is 7.22. The van der Waals surface area contributed by atoms with Crippen LogP contribution >= 0.6 is 34.2 Å². The average molecular weight is 600 g/mol. The molecule has 2 amide bonds. The van der Waals surface area contributed by atoms with Crippen molar-refractivity contribution in [2.45, 2.75) is 18.9 Å². The fraction of sp³-hybridized carbons (Fsp3) is 0.273. The number of benzene rings is 2. The second-order valence-corrected chi connectivity index (χ2v) is 9.04. The highest BCUT2D eigenvalue weighted by atomic mass is 127. The molecule has 1 atom stereocenters. The minimum Gasteiger partial charge on any atom is -0.506 e. The summed E-state index contributed by atoms with van der Waals surface area (Å²) in [5, 5.41) is 31.2. The summed E-state index contributed by atoms with van der Waals surface area (Å²) in [6.45, 7) is 1.15. The first kappa shape index (κ1) is 25.6. The molecule has 2 aromatic rings. The zero-order valence-corrected chi connectivity index (χ0v) is 20.8. The molecule has 0 saturated carbocycles. The van der Waals surface area contributed by atoms with Gasteiger partial charge in [-0.15, -0.1) is 0 Å². The number of aliphatic carboxylic acids is 1. The van der Waals surface area contributed by atoms with Crippen LogP contribution in [0.25, 0.3) is 0 Å². The second kappa shape index (κ2) is 11.9. The minimum absolute atomic E-state index is 0.165. The van der Waals surface area contributed by atoms with Crippen molar-refractivity contribution in [3.63, 3.8) is 0 Å². The number of nitrogens with zero attached hydrogens (tertiary/aromatic N) is 1. The van der Waals surface area contributed by atoms with Crippen LogP contribution in [0.5, 0.6) is 5.75 Å². The zero-order chi connectivity index (χ0) is 24.7. The van der Waals surface area contributed by atoms with Crippen molar-refractivity contribution in [3.8, 4) is 5.75 Å². The Balaban J connectivity index is 1.62. The number of hydrogen-bond acceptors (Lipinski definition) is 7. The van der Waals surface area contributed by atoms with Gasteiger partial charge in [0, 0.05) is 34.9 Å². The number of guanidine groups is 1. The highest BCUT2D eigenvalue weighted by Gasteiger charge is 2.23. The first-order valence-electron chi connectivity index (χ1n) is 10.4. The van der Waals surface area contributed by atoms with E-state index in [9.17, 15) is 24.6 Å². The predicted molar refractivity (Wildman–Crippen MR) is 136 cm³/mol. The normalized spacial score (nSPS) is 13.8. The van der Waals surface area contributed by atoms with Gasteiger partial charge in [-0.05, 0) is 59.3 Å². The molecule has 34 heavy (non-hydrogen) atoms. The SMILES string of the molecule is O=C(O)C[C@@H](NC(=O)CNC(=O)c1cccc(NC2=NCCCN2)c1)c1cc(Cl)cc(I)c1O. The first-order chi connectivity index (χ1) is 16.2. The number of aromatic hydroxyl groups is 1. The van der Waals surface area contributed by atoms with E-state index in [-0.39, 0.29) is 22.9 Å². The lowest BCUT2D eigenvalue weighted by Crippen LogP contribution is -2.39. The Morgan fingerprint density at radius 1 is 1.24 bits per heavy atom. The number of nitrogens with one attached hydrogen (secondary N) is 4. The van der Waals surface area contributed by atoms with Crippen molar-refractivity contribution >= 4 is 63.6 Å². The number of carbonyl (C=O) groups excluding carboxylic acids is 2. The maximum atomic E-state index is 12.6. The Bertz CT molecular complexity index is 1130. The van der Waals surface area contributed by atoms with E-state index in [1.165, 1.54) is 12.1 Å². The quantitative estimate of drug-likeness (QED) is 0.255. The monoisotopic (exact) mass is 599 g/mol. The lowest BCUT2D eigenvalue weighted by molar-refractivity contribution is -0.137. The Morgan fingerprint density at radius 2 is 2.03 bits per heavy atom. The number of amides is 2.